The van der Waals surface area contributed by atoms with E-state index in [9.17, 15) is 9.00 Å². The van der Waals surface area contributed by atoms with Gasteiger partial charge in [-0.1, -0.05) is 45.5 Å². The second-order valence-electron chi connectivity index (χ2n) is 7.82. The van der Waals surface area contributed by atoms with Gasteiger partial charge in [-0.05, 0) is 42.5 Å². The van der Waals surface area contributed by atoms with Crippen LogP contribution in [0.15, 0.2) is 76.4 Å². The lowest BCUT2D eigenvalue weighted by Crippen LogP contribution is -2.49. The van der Waals surface area contributed by atoms with Crippen LogP contribution in [0.4, 0.5) is 10.8 Å². The topological polar surface area (TPSA) is 69.6 Å². The molecule has 1 fully saturated rings. The normalized spacial score (nSPS) is 14.9. The molecule has 0 radical (unpaired) electrons. The van der Waals surface area contributed by atoms with E-state index in [1.807, 2.05) is 35.2 Å². The van der Waals surface area contributed by atoms with E-state index in [0.717, 1.165) is 19.8 Å². The first-order valence-corrected chi connectivity index (χ1v) is 13.5. The number of amides is 1. The molecule has 0 N–H and O–H groups in total. The summed E-state index contributed by atoms with van der Waals surface area (Å²) < 4.78 is 16.8. The smallest absolute Gasteiger partial charge is 0.256 e. The SMILES string of the molecule is CN(c1ccccc1C(=O)N1CCN(c2nc3ccc(Br)cc3s2)CC1)S(=O)c1ccccn1. The molecule has 4 aromatic rings. The number of thiazole rings is 1. The van der Waals surface area contributed by atoms with Crippen LogP contribution in [0.2, 0.25) is 0 Å². The molecule has 3 heterocycles. The highest BCUT2D eigenvalue weighted by Crippen LogP contribution is 2.32. The van der Waals surface area contributed by atoms with Crippen LogP contribution in [0.25, 0.3) is 10.2 Å². The summed E-state index contributed by atoms with van der Waals surface area (Å²) in [5.41, 5.74) is 2.14. The average molecular weight is 557 g/mol. The van der Waals surface area contributed by atoms with Crippen molar-refractivity contribution in [3.05, 3.63) is 76.9 Å². The molecule has 2 aromatic carbocycles. The van der Waals surface area contributed by atoms with Gasteiger partial charge in [0.15, 0.2) is 16.1 Å². The van der Waals surface area contributed by atoms with Crippen LogP contribution in [0, 0.1) is 0 Å². The maximum absolute atomic E-state index is 13.5. The van der Waals surface area contributed by atoms with Gasteiger partial charge < -0.3 is 9.80 Å². The van der Waals surface area contributed by atoms with Gasteiger partial charge in [0.2, 0.25) is 0 Å². The zero-order valence-electron chi connectivity index (χ0n) is 18.4. The summed E-state index contributed by atoms with van der Waals surface area (Å²) in [5, 5.41) is 1.43. The minimum absolute atomic E-state index is 0.0617. The van der Waals surface area contributed by atoms with Gasteiger partial charge in [0, 0.05) is 43.9 Å². The Morgan fingerprint density at radius 2 is 1.82 bits per heavy atom. The molecule has 1 unspecified atom stereocenters. The number of halogens is 1. The van der Waals surface area contributed by atoms with Crippen LogP contribution in [-0.2, 0) is 11.0 Å². The van der Waals surface area contributed by atoms with Crippen molar-refractivity contribution in [2.75, 3.05) is 42.4 Å². The highest BCUT2D eigenvalue weighted by molar-refractivity contribution is 9.10. The van der Waals surface area contributed by atoms with E-state index in [1.165, 1.54) is 0 Å². The maximum Gasteiger partial charge on any atom is 0.256 e. The van der Waals surface area contributed by atoms with Crippen molar-refractivity contribution in [2.45, 2.75) is 5.03 Å². The quantitative estimate of drug-likeness (QED) is 0.360. The van der Waals surface area contributed by atoms with Gasteiger partial charge >= 0.3 is 0 Å². The molecule has 34 heavy (non-hydrogen) atoms. The lowest BCUT2D eigenvalue weighted by Gasteiger charge is -2.35. The predicted octanol–water partition coefficient (Wildman–Crippen LogP) is 4.58. The van der Waals surface area contributed by atoms with Gasteiger partial charge in [-0.15, -0.1) is 0 Å². The fourth-order valence-electron chi connectivity index (χ4n) is 3.90. The monoisotopic (exact) mass is 555 g/mol. The molecule has 1 aliphatic rings. The Balaban J connectivity index is 1.30. The van der Waals surface area contributed by atoms with Crippen molar-refractivity contribution in [1.82, 2.24) is 14.9 Å². The first-order chi connectivity index (χ1) is 16.5. The molecule has 10 heteroatoms. The summed E-state index contributed by atoms with van der Waals surface area (Å²) in [7, 11) is 0.204. The van der Waals surface area contributed by atoms with E-state index in [0.29, 0.717) is 42.5 Å². The van der Waals surface area contributed by atoms with Crippen molar-refractivity contribution in [1.29, 1.82) is 0 Å². The van der Waals surface area contributed by atoms with E-state index >= 15 is 0 Å². The Morgan fingerprint density at radius 3 is 2.59 bits per heavy atom. The Bertz CT molecular complexity index is 1360. The number of hydrogen-bond acceptors (Lipinski definition) is 6. The molecular formula is C24H22BrN5O2S2. The highest BCUT2D eigenvalue weighted by Gasteiger charge is 2.27. The zero-order valence-corrected chi connectivity index (χ0v) is 21.6. The average Bonchev–Trinajstić information content (AvgIpc) is 3.31. The summed E-state index contributed by atoms with van der Waals surface area (Å²) in [5.74, 6) is -0.0617. The standard InChI is InChI=1S/C24H22BrN5O2S2/c1-28(34(32)22-8-4-5-11-26-22)20-7-3-2-6-18(20)23(31)29-12-14-30(15-13-29)24-27-19-10-9-17(25)16-21(19)33-24/h2-11,16H,12-15H2,1H3. The number of aromatic nitrogens is 2. The zero-order chi connectivity index (χ0) is 23.7. The van der Waals surface area contributed by atoms with E-state index in [2.05, 4.69) is 31.9 Å². The van der Waals surface area contributed by atoms with E-state index < -0.39 is 11.0 Å². The molecule has 0 aliphatic carbocycles. The van der Waals surface area contributed by atoms with Gasteiger partial charge in [0.1, 0.15) is 5.03 Å². The molecule has 1 saturated heterocycles. The summed E-state index contributed by atoms with van der Waals surface area (Å²) >= 11 is 5.18. The predicted molar refractivity (Wildman–Crippen MR) is 141 cm³/mol. The third-order valence-corrected chi connectivity index (χ3v) is 8.58. The van der Waals surface area contributed by atoms with Gasteiger partial charge in [-0.3, -0.25) is 9.10 Å². The number of piperazine rings is 1. The Hall–Kier alpha value is -2.82. The summed E-state index contributed by atoms with van der Waals surface area (Å²) in [4.78, 5) is 26.5. The molecule has 0 spiro atoms. The number of carbonyl (C=O) groups excluding carboxylic acids is 1. The second-order valence-corrected chi connectivity index (χ2v) is 11.2. The second kappa shape index (κ2) is 9.81. The van der Waals surface area contributed by atoms with Crippen molar-refractivity contribution < 1.29 is 9.00 Å². The Kier molecular flexibility index (Phi) is 6.62. The summed E-state index contributed by atoms with van der Waals surface area (Å²) in [6.07, 6.45) is 1.61. The van der Waals surface area contributed by atoms with Crippen LogP contribution >= 0.6 is 27.3 Å². The van der Waals surface area contributed by atoms with Crippen molar-refractivity contribution in [3.63, 3.8) is 0 Å². The van der Waals surface area contributed by atoms with Crippen LogP contribution in [0.5, 0.6) is 0 Å². The third-order valence-electron chi connectivity index (χ3n) is 5.72. The molecule has 5 rings (SSSR count). The number of para-hydroxylation sites is 1. The summed E-state index contributed by atoms with van der Waals surface area (Å²) in [6.45, 7) is 2.62. The van der Waals surface area contributed by atoms with Crippen LogP contribution in [0.1, 0.15) is 10.4 Å². The van der Waals surface area contributed by atoms with E-state index in [4.69, 9.17) is 4.98 Å². The minimum atomic E-state index is -1.52. The van der Waals surface area contributed by atoms with E-state index in [1.54, 1.807) is 53.2 Å². The molecule has 7 nitrogen and oxygen atoms in total. The first kappa shape index (κ1) is 22.9. The van der Waals surface area contributed by atoms with Gasteiger partial charge in [-0.2, -0.15) is 0 Å². The van der Waals surface area contributed by atoms with E-state index in [-0.39, 0.29) is 5.91 Å². The molecule has 1 amide bonds. The third kappa shape index (κ3) is 4.57. The number of nitrogens with zero attached hydrogens (tertiary/aromatic N) is 5. The first-order valence-electron chi connectivity index (χ1n) is 10.8. The Labute approximate surface area is 212 Å². The fraction of sp³-hybridized carbons (Fsp3) is 0.208. The molecular weight excluding hydrogens is 534 g/mol. The van der Waals surface area contributed by atoms with Crippen LogP contribution in [-0.4, -0.2) is 58.2 Å². The molecule has 1 aliphatic heterocycles. The van der Waals surface area contributed by atoms with Crippen molar-refractivity contribution >= 4 is 65.2 Å². The lowest BCUT2D eigenvalue weighted by molar-refractivity contribution is 0.0747. The molecule has 174 valence electrons. The molecule has 2 aromatic heterocycles. The number of anilines is 2. The Morgan fingerprint density at radius 1 is 1.06 bits per heavy atom. The minimum Gasteiger partial charge on any atom is -0.345 e. The maximum atomic E-state index is 13.5. The number of benzene rings is 2. The van der Waals surface area contributed by atoms with Gasteiger partial charge in [0.05, 0.1) is 21.5 Å². The molecule has 0 saturated carbocycles. The van der Waals surface area contributed by atoms with Crippen molar-refractivity contribution in [3.8, 4) is 0 Å². The lowest BCUT2D eigenvalue weighted by atomic mass is 10.1. The van der Waals surface area contributed by atoms with Gasteiger partial charge in [0.25, 0.3) is 5.91 Å². The highest BCUT2D eigenvalue weighted by atomic mass is 79.9. The van der Waals surface area contributed by atoms with Crippen LogP contribution in [0.3, 0.4) is 0 Å². The molecule has 1 atom stereocenters. The summed E-state index contributed by atoms with van der Waals surface area (Å²) in [6, 6.07) is 18.7. The van der Waals surface area contributed by atoms with Gasteiger partial charge in [-0.25, -0.2) is 14.2 Å². The van der Waals surface area contributed by atoms with Crippen LogP contribution < -0.4 is 9.21 Å². The number of fused-ring (bicyclic) bond motifs is 1. The number of rotatable bonds is 5. The fourth-order valence-corrected chi connectivity index (χ4v) is 6.44. The number of pyridine rings is 1. The number of carbonyl (C=O) groups is 1. The largest absolute Gasteiger partial charge is 0.345 e. The molecule has 0 bridgehead atoms. The van der Waals surface area contributed by atoms with Crippen molar-refractivity contribution in [2.24, 2.45) is 0 Å². The number of hydrogen-bond donors (Lipinski definition) is 0.